The van der Waals surface area contributed by atoms with Crippen LogP contribution in [0, 0.1) is 0 Å². The highest BCUT2D eigenvalue weighted by atomic mass is 16.1. The Morgan fingerprint density at radius 1 is 1.16 bits per heavy atom. The van der Waals surface area contributed by atoms with Crippen molar-refractivity contribution in [2.24, 2.45) is 12.8 Å². The largest absolute Gasteiger partial charge is 0.363 e. The molecule has 1 amide bonds. The second-order valence-corrected chi connectivity index (χ2v) is 5.60. The van der Waals surface area contributed by atoms with Crippen LogP contribution in [0.3, 0.4) is 0 Å². The normalized spacial score (nSPS) is 11.1. The monoisotopic (exact) mass is 333 g/mol. The summed E-state index contributed by atoms with van der Waals surface area (Å²) in [4.78, 5) is 20.2. The second kappa shape index (κ2) is 5.82. The van der Waals surface area contributed by atoms with Crippen molar-refractivity contribution >= 4 is 16.9 Å². The van der Waals surface area contributed by atoms with Crippen LogP contribution in [0.5, 0.6) is 0 Å². The number of hydrogen-bond acceptors (Lipinski definition) is 5. The minimum atomic E-state index is -0.685. The van der Waals surface area contributed by atoms with Crippen molar-refractivity contribution in [3.63, 3.8) is 0 Å². The van der Waals surface area contributed by atoms with Crippen molar-refractivity contribution in [2.45, 2.75) is 6.54 Å². The van der Waals surface area contributed by atoms with E-state index in [-0.39, 0.29) is 5.82 Å². The SMILES string of the molecule is Cn1nc2nc(C(N)=O)nc(Cn3cccn3)c2c1-c1ccccc1. The van der Waals surface area contributed by atoms with Gasteiger partial charge in [0.15, 0.2) is 5.65 Å². The number of nitrogens with zero attached hydrogens (tertiary/aromatic N) is 6. The van der Waals surface area contributed by atoms with Crippen LogP contribution in [0.1, 0.15) is 16.3 Å². The lowest BCUT2D eigenvalue weighted by molar-refractivity contribution is 0.0990. The Hall–Kier alpha value is -3.55. The topological polar surface area (TPSA) is 105 Å². The van der Waals surface area contributed by atoms with Crippen LogP contribution in [-0.2, 0) is 13.6 Å². The lowest BCUT2D eigenvalue weighted by Gasteiger charge is -2.07. The zero-order valence-electron chi connectivity index (χ0n) is 13.5. The summed E-state index contributed by atoms with van der Waals surface area (Å²) in [6.07, 6.45) is 3.52. The standard InChI is InChI=1S/C17H15N7O/c1-23-14(11-6-3-2-4-7-11)13-12(10-24-9-5-8-19-24)20-17(15(18)25)21-16(13)22-23/h2-9H,10H2,1H3,(H2,18,25). The molecule has 0 unspecified atom stereocenters. The number of hydrogen-bond donors (Lipinski definition) is 1. The molecule has 4 aromatic rings. The van der Waals surface area contributed by atoms with Gasteiger partial charge in [-0.15, -0.1) is 0 Å². The van der Waals surface area contributed by atoms with E-state index < -0.39 is 5.91 Å². The smallest absolute Gasteiger partial charge is 0.286 e. The minimum Gasteiger partial charge on any atom is -0.363 e. The number of carbonyl (C=O) groups excluding carboxylic acids is 1. The van der Waals surface area contributed by atoms with Gasteiger partial charge in [-0.1, -0.05) is 30.3 Å². The van der Waals surface area contributed by atoms with Crippen LogP contribution in [0.15, 0.2) is 48.8 Å². The van der Waals surface area contributed by atoms with Crippen molar-refractivity contribution in [1.29, 1.82) is 0 Å². The van der Waals surface area contributed by atoms with Gasteiger partial charge >= 0.3 is 0 Å². The number of fused-ring (bicyclic) bond motifs is 1. The third kappa shape index (κ3) is 2.63. The van der Waals surface area contributed by atoms with Gasteiger partial charge in [0.2, 0.25) is 5.82 Å². The molecule has 8 heteroatoms. The molecule has 0 aliphatic carbocycles. The molecule has 25 heavy (non-hydrogen) atoms. The fraction of sp³-hybridized carbons (Fsp3) is 0.118. The Labute approximate surface area is 142 Å². The average molecular weight is 333 g/mol. The molecular weight excluding hydrogens is 318 g/mol. The molecule has 1 aromatic carbocycles. The van der Waals surface area contributed by atoms with Crippen molar-refractivity contribution in [2.75, 3.05) is 0 Å². The van der Waals surface area contributed by atoms with E-state index in [1.54, 1.807) is 15.6 Å². The van der Waals surface area contributed by atoms with Crippen molar-refractivity contribution in [3.8, 4) is 11.3 Å². The summed E-state index contributed by atoms with van der Waals surface area (Å²) in [6, 6.07) is 11.7. The van der Waals surface area contributed by atoms with Crippen LogP contribution in [-0.4, -0.2) is 35.4 Å². The Kier molecular flexibility index (Phi) is 3.50. The maximum Gasteiger partial charge on any atom is 0.286 e. The van der Waals surface area contributed by atoms with Gasteiger partial charge in [0, 0.05) is 25.0 Å². The lowest BCUT2D eigenvalue weighted by Crippen LogP contribution is -2.17. The zero-order chi connectivity index (χ0) is 17.4. The first kappa shape index (κ1) is 15.0. The summed E-state index contributed by atoms with van der Waals surface area (Å²) in [5.74, 6) is -0.733. The van der Waals surface area contributed by atoms with E-state index in [0.717, 1.165) is 16.6 Å². The zero-order valence-corrected chi connectivity index (χ0v) is 13.5. The number of carbonyl (C=O) groups is 1. The van der Waals surface area contributed by atoms with Crippen molar-refractivity contribution in [3.05, 3.63) is 60.3 Å². The third-order valence-electron chi connectivity index (χ3n) is 3.91. The quantitative estimate of drug-likeness (QED) is 0.607. The van der Waals surface area contributed by atoms with E-state index in [0.29, 0.717) is 17.9 Å². The first-order valence-electron chi connectivity index (χ1n) is 7.70. The Balaban J connectivity index is 2.00. The van der Waals surface area contributed by atoms with Crippen molar-refractivity contribution in [1.82, 2.24) is 29.5 Å². The molecule has 0 aliphatic rings. The predicted octanol–water partition coefficient (Wildman–Crippen LogP) is 1.37. The first-order valence-corrected chi connectivity index (χ1v) is 7.70. The molecular formula is C17H15N7O. The molecule has 4 rings (SSSR count). The molecule has 3 heterocycles. The van der Waals surface area contributed by atoms with Crippen LogP contribution < -0.4 is 5.73 Å². The molecule has 0 aliphatic heterocycles. The van der Waals surface area contributed by atoms with Crippen LogP contribution in [0.25, 0.3) is 22.3 Å². The summed E-state index contributed by atoms with van der Waals surface area (Å²) in [5.41, 5.74) is 8.34. The molecule has 0 saturated carbocycles. The summed E-state index contributed by atoms with van der Waals surface area (Å²) in [6.45, 7) is 0.387. The molecule has 3 aromatic heterocycles. The maximum atomic E-state index is 11.6. The van der Waals surface area contributed by atoms with Gasteiger partial charge < -0.3 is 5.73 Å². The first-order chi connectivity index (χ1) is 12.1. The minimum absolute atomic E-state index is 0.0487. The van der Waals surface area contributed by atoms with Gasteiger partial charge in [0.25, 0.3) is 5.91 Å². The Bertz CT molecular complexity index is 1050. The molecule has 0 radical (unpaired) electrons. The van der Waals surface area contributed by atoms with Gasteiger partial charge in [-0.3, -0.25) is 14.2 Å². The highest BCUT2D eigenvalue weighted by Crippen LogP contribution is 2.29. The highest BCUT2D eigenvalue weighted by molar-refractivity contribution is 5.96. The van der Waals surface area contributed by atoms with E-state index in [1.807, 2.05) is 49.6 Å². The van der Waals surface area contributed by atoms with E-state index >= 15 is 0 Å². The lowest BCUT2D eigenvalue weighted by atomic mass is 10.1. The molecule has 0 saturated heterocycles. The predicted molar refractivity (Wildman–Crippen MR) is 91.6 cm³/mol. The molecule has 0 bridgehead atoms. The van der Waals surface area contributed by atoms with Crippen molar-refractivity contribution < 1.29 is 4.79 Å². The summed E-state index contributed by atoms with van der Waals surface area (Å²) in [5, 5.41) is 9.45. The van der Waals surface area contributed by atoms with Gasteiger partial charge in [-0.25, -0.2) is 9.97 Å². The summed E-state index contributed by atoms with van der Waals surface area (Å²) < 4.78 is 3.47. The van der Waals surface area contributed by atoms with Gasteiger partial charge in [0.1, 0.15) is 0 Å². The number of rotatable bonds is 4. The van der Waals surface area contributed by atoms with Crippen LogP contribution >= 0.6 is 0 Å². The average Bonchev–Trinajstić information content (AvgIpc) is 3.22. The van der Waals surface area contributed by atoms with Gasteiger partial charge in [-0.2, -0.15) is 10.2 Å². The maximum absolute atomic E-state index is 11.6. The third-order valence-corrected chi connectivity index (χ3v) is 3.91. The Morgan fingerprint density at radius 3 is 2.64 bits per heavy atom. The van der Waals surface area contributed by atoms with E-state index in [4.69, 9.17) is 5.73 Å². The fourth-order valence-corrected chi connectivity index (χ4v) is 2.86. The molecule has 0 atom stereocenters. The van der Waals surface area contributed by atoms with E-state index in [2.05, 4.69) is 20.2 Å². The number of aryl methyl sites for hydroxylation is 1. The van der Waals surface area contributed by atoms with Crippen LogP contribution in [0.4, 0.5) is 0 Å². The van der Waals surface area contributed by atoms with Gasteiger partial charge in [0.05, 0.1) is 23.3 Å². The van der Waals surface area contributed by atoms with Gasteiger partial charge in [-0.05, 0) is 6.07 Å². The molecule has 0 fully saturated rings. The van der Waals surface area contributed by atoms with Crippen LogP contribution in [0.2, 0.25) is 0 Å². The summed E-state index contributed by atoms with van der Waals surface area (Å²) >= 11 is 0. The Morgan fingerprint density at radius 2 is 1.96 bits per heavy atom. The molecule has 8 nitrogen and oxygen atoms in total. The second-order valence-electron chi connectivity index (χ2n) is 5.60. The highest BCUT2D eigenvalue weighted by Gasteiger charge is 2.20. The molecule has 0 spiro atoms. The van der Waals surface area contributed by atoms with E-state index in [1.165, 1.54) is 0 Å². The number of benzene rings is 1. The summed E-state index contributed by atoms with van der Waals surface area (Å²) in [7, 11) is 1.84. The molecule has 124 valence electrons. The van der Waals surface area contributed by atoms with E-state index in [9.17, 15) is 4.79 Å². The number of amides is 1. The number of aromatic nitrogens is 6. The number of primary amides is 1. The fourth-order valence-electron chi connectivity index (χ4n) is 2.86. The number of nitrogens with two attached hydrogens (primary N) is 1. The molecule has 2 N–H and O–H groups in total.